The summed E-state index contributed by atoms with van der Waals surface area (Å²) in [6.07, 6.45) is 0.868. The molecule has 0 saturated heterocycles. The summed E-state index contributed by atoms with van der Waals surface area (Å²) in [6, 6.07) is 13.7. The van der Waals surface area contributed by atoms with Crippen LogP contribution in [0.1, 0.15) is 22.6 Å². The third kappa shape index (κ3) is 3.62. The minimum Gasteiger partial charge on any atom is -0.504 e. The molecule has 2 aromatic carbocycles. The van der Waals surface area contributed by atoms with E-state index in [1.165, 1.54) is 5.56 Å². The summed E-state index contributed by atoms with van der Waals surface area (Å²) in [5, 5.41) is 22.8. The fraction of sp³-hybridized carbons (Fsp3) is 0.250. The Morgan fingerprint density at radius 2 is 1.62 bits per heavy atom. The van der Waals surface area contributed by atoms with Gasteiger partial charge in [-0.25, -0.2) is 0 Å². The number of hydrogen-bond acceptors (Lipinski definition) is 3. The van der Waals surface area contributed by atoms with Gasteiger partial charge in [-0.2, -0.15) is 0 Å². The molecule has 0 bridgehead atoms. The second-order valence-corrected chi connectivity index (χ2v) is 4.96. The Balaban J connectivity index is 0.00000110. The van der Waals surface area contributed by atoms with E-state index in [0.29, 0.717) is 0 Å². The van der Waals surface area contributed by atoms with Gasteiger partial charge in [0.25, 0.3) is 0 Å². The van der Waals surface area contributed by atoms with E-state index >= 15 is 0 Å². The Labute approximate surface area is 136 Å². The van der Waals surface area contributed by atoms with Gasteiger partial charge in [-0.05, 0) is 41.8 Å². The molecule has 0 spiro atoms. The third-order valence-electron chi connectivity index (χ3n) is 3.73. The van der Waals surface area contributed by atoms with Gasteiger partial charge in [0, 0.05) is 12.5 Å². The molecule has 21 heavy (non-hydrogen) atoms. The number of rotatable bonds is 1. The van der Waals surface area contributed by atoms with E-state index in [-0.39, 0.29) is 42.2 Å². The average molecular weight is 328 g/mol. The van der Waals surface area contributed by atoms with Crippen LogP contribution in [0.25, 0.3) is 0 Å². The van der Waals surface area contributed by atoms with Crippen LogP contribution in [0.5, 0.6) is 11.5 Å². The van der Waals surface area contributed by atoms with Crippen LogP contribution in [0.4, 0.5) is 0 Å². The maximum absolute atomic E-state index is 9.76. The minimum absolute atomic E-state index is 0. The Morgan fingerprint density at radius 1 is 0.952 bits per heavy atom. The molecule has 0 amide bonds. The van der Waals surface area contributed by atoms with Gasteiger partial charge in [0.2, 0.25) is 0 Å². The summed E-state index contributed by atoms with van der Waals surface area (Å²) in [5.41, 5.74) is 3.43. The molecular weight excluding hydrogens is 309 g/mol. The zero-order chi connectivity index (χ0) is 13.2. The van der Waals surface area contributed by atoms with Crippen molar-refractivity contribution < 1.29 is 10.2 Å². The van der Waals surface area contributed by atoms with Gasteiger partial charge < -0.3 is 15.5 Å². The molecule has 0 aliphatic carbocycles. The van der Waals surface area contributed by atoms with E-state index in [1.807, 2.05) is 18.2 Å². The van der Waals surface area contributed by atoms with Gasteiger partial charge in [0.15, 0.2) is 11.5 Å². The van der Waals surface area contributed by atoms with Crippen molar-refractivity contribution in [2.24, 2.45) is 0 Å². The molecule has 1 heterocycles. The van der Waals surface area contributed by atoms with Crippen LogP contribution < -0.4 is 5.32 Å². The van der Waals surface area contributed by atoms with E-state index in [9.17, 15) is 10.2 Å². The molecule has 0 saturated carbocycles. The first-order chi connectivity index (χ1) is 9.25. The summed E-state index contributed by atoms with van der Waals surface area (Å²) in [4.78, 5) is 0. The molecule has 3 N–H and O–H groups in total. The lowest BCUT2D eigenvalue weighted by Crippen LogP contribution is -2.20. The lowest BCUT2D eigenvalue weighted by atomic mass is 9.88. The van der Waals surface area contributed by atoms with Crippen LogP contribution in [-0.2, 0) is 6.42 Å². The highest BCUT2D eigenvalue weighted by molar-refractivity contribution is 5.85. The number of aromatic hydroxyl groups is 2. The molecule has 1 aliphatic rings. The molecule has 0 fully saturated rings. The van der Waals surface area contributed by atoms with Crippen LogP contribution >= 0.6 is 24.8 Å². The molecule has 0 radical (unpaired) electrons. The van der Waals surface area contributed by atoms with Gasteiger partial charge in [0.05, 0.1) is 0 Å². The van der Waals surface area contributed by atoms with E-state index in [1.54, 1.807) is 12.1 Å². The SMILES string of the molecule is Cl.Cl.Oc1cc2c(cc1O)C(c1ccccc1)CNCC2. The summed E-state index contributed by atoms with van der Waals surface area (Å²) in [5.74, 6) is 0.138. The highest BCUT2D eigenvalue weighted by Crippen LogP contribution is 2.36. The van der Waals surface area contributed by atoms with E-state index in [0.717, 1.165) is 30.6 Å². The summed E-state index contributed by atoms with van der Waals surface area (Å²) in [7, 11) is 0. The number of fused-ring (bicyclic) bond motifs is 1. The van der Waals surface area contributed by atoms with Gasteiger partial charge in [0.1, 0.15) is 0 Å². The summed E-state index contributed by atoms with van der Waals surface area (Å²) >= 11 is 0. The van der Waals surface area contributed by atoms with Crippen molar-refractivity contribution in [1.29, 1.82) is 0 Å². The quantitative estimate of drug-likeness (QED) is 0.705. The van der Waals surface area contributed by atoms with Crippen molar-refractivity contribution >= 4 is 24.8 Å². The molecule has 3 nitrogen and oxygen atoms in total. The van der Waals surface area contributed by atoms with E-state index < -0.39 is 0 Å². The smallest absolute Gasteiger partial charge is 0.157 e. The molecule has 5 heteroatoms. The van der Waals surface area contributed by atoms with Crippen molar-refractivity contribution in [3.63, 3.8) is 0 Å². The molecule has 114 valence electrons. The van der Waals surface area contributed by atoms with Crippen molar-refractivity contribution in [1.82, 2.24) is 5.32 Å². The molecular formula is C16H19Cl2NO2. The average Bonchev–Trinajstić information content (AvgIpc) is 2.63. The number of hydrogen-bond donors (Lipinski definition) is 3. The van der Waals surface area contributed by atoms with E-state index in [2.05, 4.69) is 17.4 Å². The third-order valence-corrected chi connectivity index (χ3v) is 3.73. The first kappa shape index (κ1) is 17.6. The summed E-state index contributed by atoms with van der Waals surface area (Å²) in [6.45, 7) is 1.74. The molecule has 2 aromatic rings. The predicted molar refractivity (Wildman–Crippen MR) is 89.1 cm³/mol. The Hall–Kier alpha value is -1.42. The van der Waals surface area contributed by atoms with Gasteiger partial charge in [-0.1, -0.05) is 30.3 Å². The molecule has 1 atom stereocenters. The van der Waals surface area contributed by atoms with Crippen LogP contribution in [0.15, 0.2) is 42.5 Å². The Morgan fingerprint density at radius 3 is 2.33 bits per heavy atom. The van der Waals surface area contributed by atoms with Gasteiger partial charge in [-0.3, -0.25) is 0 Å². The number of phenolic OH excluding ortho intramolecular Hbond substituents is 2. The standard InChI is InChI=1S/C16H17NO2.2ClH/c18-15-8-12-6-7-17-10-14(13(12)9-16(15)19)11-4-2-1-3-5-11;;/h1-5,8-9,14,17-19H,6-7,10H2;2*1H. The van der Waals surface area contributed by atoms with Crippen molar-refractivity contribution in [3.05, 3.63) is 59.2 Å². The van der Waals surface area contributed by atoms with Crippen LogP contribution in [-0.4, -0.2) is 23.3 Å². The molecule has 0 aromatic heterocycles. The first-order valence-electron chi connectivity index (χ1n) is 6.56. The van der Waals surface area contributed by atoms with Crippen molar-refractivity contribution in [2.75, 3.05) is 13.1 Å². The van der Waals surface area contributed by atoms with Gasteiger partial charge in [-0.15, -0.1) is 24.8 Å². The lowest BCUT2D eigenvalue weighted by Gasteiger charge is -2.18. The highest BCUT2D eigenvalue weighted by Gasteiger charge is 2.21. The monoisotopic (exact) mass is 327 g/mol. The second kappa shape index (κ2) is 7.55. The molecule has 1 unspecified atom stereocenters. The molecule has 1 aliphatic heterocycles. The fourth-order valence-corrected chi connectivity index (χ4v) is 2.74. The number of halogens is 2. The van der Waals surface area contributed by atoms with Crippen molar-refractivity contribution in [3.8, 4) is 11.5 Å². The molecule has 3 rings (SSSR count). The zero-order valence-electron chi connectivity index (χ0n) is 11.5. The number of nitrogens with one attached hydrogen (secondary N) is 1. The van der Waals surface area contributed by atoms with Crippen LogP contribution in [0, 0.1) is 0 Å². The largest absolute Gasteiger partial charge is 0.504 e. The second-order valence-electron chi connectivity index (χ2n) is 4.96. The fourth-order valence-electron chi connectivity index (χ4n) is 2.74. The number of benzene rings is 2. The highest BCUT2D eigenvalue weighted by atomic mass is 35.5. The minimum atomic E-state index is -0.0402. The normalized spacial score (nSPS) is 16.9. The lowest BCUT2D eigenvalue weighted by molar-refractivity contribution is 0.402. The summed E-state index contributed by atoms with van der Waals surface area (Å²) < 4.78 is 0. The number of phenols is 2. The maximum Gasteiger partial charge on any atom is 0.157 e. The maximum atomic E-state index is 9.76. The van der Waals surface area contributed by atoms with Gasteiger partial charge >= 0.3 is 0 Å². The van der Waals surface area contributed by atoms with Crippen LogP contribution in [0.3, 0.4) is 0 Å². The predicted octanol–water partition coefficient (Wildman–Crippen LogP) is 3.22. The Kier molecular flexibility index (Phi) is 6.34. The Bertz CT molecular complexity index is 590. The van der Waals surface area contributed by atoms with Crippen molar-refractivity contribution in [2.45, 2.75) is 12.3 Å². The topological polar surface area (TPSA) is 52.5 Å². The van der Waals surface area contributed by atoms with E-state index in [4.69, 9.17) is 0 Å². The zero-order valence-corrected chi connectivity index (χ0v) is 13.1. The van der Waals surface area contributed by atoms with Crippen LogP contribution in [0.2, 0.25) is 0 Å². The first-order valence-corrected chi connectivity index (χ1v) is 6.56.